The number of carbonyl (C=O) groups is 1. The average Bonchev–Trinajstić information content (AvgIpc) is 3.04. The van der Waals surface area contributed by atoms with Crippen LogP contribution in [0.1, 0.15) is 33.9 Å². The first-order valence-corrected chi connectivity index (χ1v) is 8.68. The number of anilines is 1. The fraction of sp³-hybridized carbons (Fsp3) is 0.444. The van der Waals surface area contributed by atoms with Gasteiger partial charge in [0.15, 0.2) is 0 Å². The van der Waals surface area contributed by atoms with E-state index in [-0.39, 0.29) is 0 Å². The normalized spacial score (nSPS) is 21.6. The Morgan fingerprint density at radius 1 is 1.52 bits per heavy atom. The summed E-state index contributed by atoms with van der Waals surface area (Å²) in [6, 6.07) is 6.62. The number of hydrogen-bond acceptors (Lipinski definition) is 5. The van der Waals surface area contributed by atoms with Crippen molar-refractivity contribution in [3.63, 3.8) is 0 Å². The second kappa shape index (κ2) is 6.40. The van der Waals surface area contributed by atoms with Crippen LogP contribution in [0.2, 0.25) is 0 Å². The summed E-state index contributed by atoms with van der Waals surface area (Å²) in [6.45, 7) is 5.26. The van der Waals surface area contributed by atoms with Crippen LogP contribution in [0.4, 0.5) is 5.82 Å². The lowest BCUT2D eigenvalue weighted by Crippen LogP contribution is -2.38. The highest BCUT2D eigenvalue weighted by molar-refractivity contribution is 5.97. The number of carbonyl (C=O) groups excluding carboxylic acids is 1. The molecule has 2 aromatic rings. The van der Waals surface area contributed by atoms with E-state index in [1.165, 1.54) is 17.3 Å². The van der Waals surface area contributed by atoms with E-state index in [2.05, 4.69) is 40.9 Å². The molecule has 4 rings (SSSR count). The number of nitrogens with one attached hydrogen (secondary N) is 2. The van der Waals surface area contributed by atoms with Crippen LogP contribution < -0.4 is 21.1 Å². The quantitative estimate of drug-likeness (QED) is 0.782. The van der Waals surface area contributed by atoms with Crippen molar-refractivity contribution in [3.8, 4) is 5.75 Å². The van der Waals surface area contributed by atoms with Crippen LogP contribution >= 0.6 is 0 Å². The summed E-state index contributed by atoms with van der Waals surface area (Å²) in [5.74, 6) is 1.70. The van der Waals surface area contributed by atoms with Crippen molar-refractivity contribution in [3.05, 3.63) is 41.1 Å². The molecule has 2 aliphatic heterocycles. The third-order valence-corrected chi connectivity index (χ3v) is 5.02. The number of ether oxygens (including phenoxy) is 1. The van der Waals surface area contributed by atoms with Crippen molar-refractivity contribution in [2.45, 2.75) is 25.9 Å². The minimum absolute atomic E-state index is 0.309. The van der Waals surface area contributed by atoms with Gasteiger partial charge in [-0.1, -0.05) is 18.2 Å². The molecular formula is C18H23N5O2. The highest BCUT2D eigenvalue weighted by atomic mass is 16.5. The molecular weight excluding hydrogens is 318 g/mol. The number of aryl methyl sites for hydroxylation is 1. The lowest BCUT2D eigenvalue weighted by Gasteiger charge is -2.31. The van der Waals surface area contributed by atoms with E-state index in [4.69, 9.17) is 10.5 Å². The van der Waals surface area contributed by atoms with E-state index in [1.54, 1.807) is 0 Å². The average molecular weight is 341 g/mol. The molecule has 0 aliphatic carbocycles. The molecule has 7 heteroatoms. The van der Waals surface area contributed by atoms with Crippen molar-refractivity contribution in [1.29, 1.82) is 0 Å². The number of benzene rings is 1. The number of primary amides is 1. The molecule has 0 saturated heterocycles. The van der Waals surface area contributed by atoms with Gasteiger partial charge in [0.05, 0.1) is 12.8 Å². The topological polar surface area (TPSA) is 94.2 Å². The molecule has 1 aromatic carbocycles. The van der Waals surface area contributed by atoms with Crippen molar-refractivity contribution in [2.75, 3.05) is 25.0 Å². The number of nitrogens with zero attached hydrogens (tertiary/aromatic N) is 2. The second-order valence-corrected chi connectivity index (χ2v) is 6.79. The maximum atomic E-state index is 11.4. The number of amides is 1. The molecule has 132 valence electrons. The van der Waals surface area contributed by atoms with Gasteiger partial charge in [-0.25, -0.2) is 4.68 Å². The van der Waals surface area contributed by atoms with Crippen LogP contribution in [-0.4, -0.2) is 35.4 Å². The highest BCUT2D eigenvalue weighted by Crippen LogP contribution is 2.34. The van der Waals surface area contributed by atoms with Gasteiger partial charge in [-0.05, 0) is 12.5 Å². The first-order valence-electron chi connectivity index (χ1n) is 8.68. The van der Waals surface area contributed by atoms with E-state index < -0.39 is 5.91 Å². The molecule has 0 saturated carbocycles. The Balaban J connectivity index is 1.42. The minimum atomic E-state index is -0.445. The molecule has 0 fully saturated rings. The van der Waals surface area contributed by atoms with Gasteiger partial charge >= 0.3 is 0 Å². The summed E-state index contributed by atoms with van der Waals surface area (Å²) in [6.07, 6.45) is 2.51. The molecule has 25 heavy (non-hydrogen) atoms. The summed E-state index contributed by atoms with van der Waals surface area (Å²) >= 11 is 0. The highest BCUT2D eigenvalue weighted by Gasteiger charge is 2.26. The minimum Gasteiger partial charge on any atom is -0.493 e. The Morgan fingerprint density at radius 2 is 2.40 bits per heavy atom. The molecule has 2 unspecified atom stereocenters. The maximum absolute atomic E-state index is 11.4. The lowest BCUT2D eigenvalue weighted by molar-refractivity contribution is 0.100. The van der Waals surface area contributed by atoms with Gasteiger partial charge in [0.25, 0.3) is 5.91 Å². The Hall–Kier alpha value is -2.54. The zero-order valence-electron chi connectivity index (χ0n) is 14.3. The molecule has 0 spiro atoms. The first kappa shape index (κ1) is 16.0. The molecule has 2 atom stereocenters. The third kappa shape index (κ3) is 2.95. The summed E-state index contributed by atoms with van der Waals surface area (Å²) in [5, 5.41) is 11.3. The van der Waals surface area contributed by atoms with Crippen LogP contribution in [0.25, 0.3) is 0 Å². The smallest absolute Gasteiger partial charge is 0.254 e. The molecule has 7 nitrogen and oxygen atoms in total. The molecule has 4 N–H and O–H groups in total. The standard InChI is InChI=1S/C18H23N5O2/c1-11-3-2-4-13-15(5-6-25-16(11)13)20-7-12-8-21-18-14(17(19)24)9-22-23(18)10-12/h2-4,9,12,15,20-21H,5-8,10H2,1H3,(H2,19,24). The number of hydrogen-bond donors (Lipinski definition) is 3. The van der Waals surface area contributed by atoms with E-state index in [0.29, 0.717) is 17.5 Å². The predicted octanol–water partition coefficient (Wildman–Crippen LogP) is 1.45. The molecule has 0 radical (unpaired) electrons. The van der Waals surface area contributed by atoms with E-state index in [9.17, 15) is 4.79 Å². The van der Waals surface area contributed by atoms with Gasteiger partial charge in [-0.15, -0.1) is 0 Å². The fourth-order valence-corrected chi connectivity index (χ4v) is 3.68. The van der Waals surface area contributed by atoms with Crippen LogP contribution in [0, 0.1) is 12.8 Å². The van der Waals surface area contributed by atoms with Gasteiger partial charge in [-0.2, -0.15) is 5.10 Å². The molecule has 1 amide bonds. The molecule has 3 heterocycles. The number of fused-ring (bicyclic) bond motifs is 2. The number of rotatable bonds is 4. The largest absolute Gasteiger partial charge is 0.493 e. The maximum Gasteiger partial charge on any atom is 0.254 e. The third-order valence-electron chi connectivity index (χ3n) is 5.02. The predicted molar refractivity (Wildman–Crippen MR) is 94.8 cm³/mol. The van der Waals surface area contributed by atoms with Crippen molar-refractivity contribution in [1.82, 2.24) is 15.1 Å². The van der Waals surface area contributed by atoms with Crippen LogP contribution in [-0.2, 0) is 6.54 Å². The Bertz CT molecular complexity index is 801. The fourth-order valence-electron chi connectivity index (χ4n) is 3.68. The zero-order chi connectivity index (χ0) is 17.4. The van der Waals surface area contributed by atoms with Crippen LogP contribution in [0.5, 0.6) is 5.75 Å². The van der Waals surface area contributed by atoms with Crippen molar-refractivity contribution >= 4 is 11.7 Å². The molecule has 0 bridgehead atoms. The zero-order valence-corrected chi connectivity index (χ0v) is 14.3. The van der Waals surface area contributed by atoms with Crippen molar-refractivity contribution < 1.29 is 9.53 Å². The number of para-hydroxylation sites is 1. The Labute approximate surface area is 146 Å². The van der Waals surface area contributed by atoms with E-state index >= 15 is 0 Å². The van der Waals surface area contributed by atoms with Crippen LogP contribution in [0.15, 0.2) is 24.4 Å². The second-order valence-electron chi connectivity index (χ2n) is 6.79. The first-order chi connectivity index (χ1) is 12.1. The Kier molecular flexibility index (Phi) is 4.09. The summed E-state index contributed by atoms with van der Waals surface area (Å²) < 4.78 is 7.67. The summed E-state index contributed by atoms with van der Waals surface area (Å²) in [4.78, 5) is 11.4. The van der Waals surface area contributed by atoms with E-state index in [1.807, 2.05) is 4.68 Å². The number of aromatic nitrogens is 2. The van der Waals surface area contributed by atoms with E-state index in [0.717, 1.165) is 44.2 Å². The number of nitrogens with two attached hydrogens (primary N) is 1. The van der Waals surface area contributed by atoms with Gasteiger partial charge in [0, 0.05) is 43.6 Å². The molecule has 1 aromatic heterocycles. The monoisotopic (exact) mass is 341 g/mol. The lowest BCUT2D eigenvalue weighted by atomic mass is 9.97. The van der Waals surface area contributed by atoms with Gasteiger partial charge < -0.3 is 21.1 Å². The Morgan fingerprint density at radius 3 is 3.24 bits per heavy atom. The summed E-state index contributed by atoms with van der Waals surface area (Å²) in [5.41, 5.74) is 8.26. The van der Waals surface area contributed by atoms with Crippen molar-refractivity contribution in [2.24, 2.45) is 11.7 Å². The molecule has 2 aliphatic rings. The summed E-state index contributed by atoms with van der Waals surface area (Å²) in [7, 11) is 0. The van der Waals surface area contributed by atoms with Gasteiger partial charge in [-0.3, -0.25) is 4.79 Å². The van der Waals surface area contributed by atoms with Gasteiger partial charge in [0.2, 0.25) is 0 Å². The van der Waals surface area contributed by atoms with Crippen LogP contribution in [0.3, 0.4) is 0 Å². The SMILES string of the molecule is Cc1cccc2c1OCCC2NCC1CNc2c(C(N)=O)cnn2C1. The van der Waals surface area contributed by atoms with Gasteiger partial charge in [0.1, 0.15) is 17.1 Å².